The van der Waals surface area contributed by atoms with Crippen LogP contribution in [0.15, 0.2) is 18.2 Å². The first-order chi connectivity index (χ1) is 7.02. The Kier molecular flexibility index (Phi) is 7.60. The van der Waals surface area contributed by atoms with Crippen molar-refractivity contribution in [1.29, 1.82) is 0 Å². The third-order valence-electron chi connectivity index (χ3n) is 1.47. The van der Waals surface area contributed by atoms with E-state index < -0.39 is 5.91 Å². The van der Waals surface area contributed by atoms with E-state index >= 15 is 0 Å². The van der Waals surface area contributed by atoms with E-state index in [4.69, 9.17) is 28.4 Å². The van der Waals surface area contributed by atoms with Gasteiger partial charge in [0.25, 0.3) is 5.91 Å². The molecule has 2 N–H and O–H groups in total. The number of carbonyl (C=O) groups excluding carboxylic acids is 1. The number of hydroxylamine groups is 1. The van der Waals surface area contributed by atoms with Crippen molar-refractivity contribution >= 4 is 41.7 Å². The Labute approximate surface area is 104 Å². The Balaban J connectivity index is 0.000000288. The van der Waals surface area contributed by atoms with Gasteiger partial charge in [-0.3, -0.25) is 10.0 Å². The molecule has 1 aromatic rings. The lowest BCUT2D eigenvalue weighted by Gasteiger charge is -1.96. The average Bonchev–Trinajstić information content (AvgIpc) is 2.25. The van der Waals surface area contributed by atoms with Crippen LogP contribution in [0.4, 0.5) is 0 Å². The second-order valence-corrected chi connectivity index (χ2v) is 3.67. The van der Waals surface area contributed by atoms with Crippen LogP contribution < -0.4 is 5.48 Å². The van der Waals surface area contributed by atoms with E-state index in [1.54, 1.807) is 0 Å². The van der Waals surface area contributed by atoms with Crippen molar-refractivity contribution < 1.29 is 10.0 Å². The highest BCUT2D eigenvalue weighted by Crippen LogP contribution is 2.21. The molecule has 0 heterocycles. The summed E-state index contributed by atoms with van der Waals surface area (Å²) < 4.78 is 0. The van der Waals surface area contributed by atoms with Crippen LogP contribution in [0.25, 0.3) is 0 Å². The summed E-state index contributed by atoms with van der Waals surface area (Å²) in [4.78, 5) is 9.74. The minimum Gasteiger partial charge on any atom is -0.289 e. The third kappa shape index (κ3) is 5.89. The van der Waals surface area contributed by atoms with Crippen LogP contribution in [0.3, 0.4) is 0 Å². The minimum absolute atomic E-state index is 0.0243. The molecular weight excluding hydrogens is 257 g/mol. The largest absolute Gasteiger partial charge is 0.289 e. The van der Waals surface area contributed by atoms with Gasteiger partial charge < -0.3 is 0 Å². The fourth-order valence-electron chi connectivity index (χ4n) is 0.617. The van der Waals surface area contributed by atoms with Crippen molar-refractivity contribution in [2.75, 3.05) is 5.75 Å². The Morgan fingerprint density at radius 3 is 2.13 bits per heavy atom. The second kappa shape index (κ2) is 7.82. The maximum atomic E-state index is 9.74. The van der Waals surface area contributed by atoms with Crippen molar-refractivity contribution in [2.45, 2.75) is 6.92 Å². The predicted molar refractivity (Wildman–Crippen MR) is 65.0 cm³/mol. The molecule has 0 saturated heterocycles. The number of carbonyl (C=O) groups is 1. The fourth-order valence-corrected chi connectivity index (χ4v) is 1.08. The molecule has 3 nitrogen and oxygen atoms in total. The average molecular weight is 268 g/mol. The molecule has 6 heteroatoms. The van der Waals surface area contributed by atoms with Crippen LogP contribution >= 0.6 is 35.8 Å². The smallest absolute Gasteiger partial charge is 0.253 e. The van der Waals surface area contributed by atoms with E-state index in [1.165, 1.54) is 5.48 Å². The maximum absolute atomic E-state index is 9.74. The van der Waals surface area contributed by atoms with Gasteiger partial charge in [0.2, 0.25) is 0 Å². The maximum Gasteiger partial charge on any atom is 0.253 e. The summed E-state index contributed by atoms with van der Waals surface area (Å²) in [6.45, 7) is 1.89. The fraction of sp³-hybridized carbons (Fsp3) is 0.222. The second-order valence-electron chi connectivity index (χ2n) is 2.54. The number of benzene rings is 1. The summed E-state index contributed by atoms with van der Waals surface area (Å²) in [5.74, 6) is -0.463. The lowest BCUT2D eigenvalue weighted by molar-refractivity contribution is -0.126. The number of amides is 1. The molecule has 0 aromatic heterocycles. The molecular formula is C9H11Cl2NO2S. The van der Waals surface area contributed by atoms with E-state index in [0.29, 0.717) is 0 Å². The molecule has 15 heavy (non-hydrogen) atoms. The van der Waals surface area contributed by atoms with Crippen molar-refractivity contribution in [2.24, 2.45) is 0 Å². The number of hydrogen-bond acceptors (Lipinski definition) is 3. The zero-order valence-corrected chi connectivity index (χ0v) is 10.4. The molecule has 0 fully saturated rings. The normalized spacial score (nSPS) is 8.87. The molecule has 1 amide bonds. The Hall–Kier alpha value is -0.420. The molecule has 0 bridgehead atoms. The summed E-state index contributed by atoms with van der Waals surface area (Å²) >= 11 is 15.0. The zero-order valence-electron chi connectivity index (χ0n) is 8.00. The van der Waals surface area contributed by atoms with Crippen LogP contribution in [0.1, 0.15) is 5.56 Å². The van der Waals surface area contributed by atoms with Gasteiger partial charge >= 0.3 is 0 Å². The van der Waals surface area contributed by atoms with Gasteiger partial charge in [-0.1, -0.05) is 29.3 Å². The van der Waals surface area contributed by atoms with Gasteiger partial charge in [-0.05, 0) is 24.6 Å². The summed E-state index contributed by atoms with van der Waals surface area (Å²) in [6, 6.07) is 5.48. The molecule has 1 rings (SSSR count). The monoisotopic (exact) mass is 267 g/mol. The van der Waals surface area contributed by atoms with Gasteiger partial charge in [-0.15, -0.1) is 0 Å². The van der Waals surface area contributed by atoms with Gasteiger partial charge in [0.15, 0.2) is 0 Å². The van der Waals surface area contributed by atoms with Gasteiger partial charge in [0, 0.05) is 10.0 Å². The highest BCUT2D eigenvalue weighted by molar-refractivity contribution is 7.81. The van der Waals surface area contributed by atoms with Crippen LogP contribution in [0.5, 0.6) is 0 Å². The van der Waals surface area contributed by atoms with Crippen molar-refractivity contribution in [3.05, 3.63) is 33.8 Å². The first-order valence-electron chi connectivity index (χ1n) is 3.97. The van der Waals surface area contributed by atoms with E-state index in [0.717, 1.165) is 15.6 Å². The topological polar surface area (TPSA) is 49.3 Å². The third-order valence-corrected chi connectivity index (χ3v) is 2.58. The van der Waals surface area contributed by atoms with Crippen LogP contribution in [0, 0.1) is 6.92 Å². The molecule has 0 aliphatic heterocycles. The molecule has 1 aromatic carbocycles. The van der Waals surface area contributed by atoms with Gasteiger partial charge in [-0.2, -0.15) is 12.6 Å². The lowest BCUT2D eigenvalue weighted by atomic mass is 10.2. The summed E-state index contributed by atoms with van der Waals surface area (Å²) in [6.07, 6.45) is 0. The SMILES string of the molecule is Cc1c(Cl)cccc1Cl.O=C(CS)NO. The quantitative estimate of drug-likeness (QED) is 0.416. The highest BCUT2D eigenvalue weighted by Gasteiger charge is 1.96. The standard InChI is InChI=1S/C7H6Cl2.C2H5NO2S/c1-5-6(8)3-2-4-7(5)9;4-2(1-6)3-5/h2-4H,1H3;5-6H,1H2,(H,3,4). The summed E-state index contributed by atoms with van der Waals surface area (Å²) in [5, 5.41) is 9.14. The molecule has 84 valence electrons. The van der Waals surface area contributed by atoms with Gasteiger partial charge in [0.1, 0.15) is 0 Å². The molecule has 0 saturated carbocycles. The molecule has 0 spiro atoms. The molecule has 0 unspecified atom stereocenters. The molecule has 0 aliphatic rings. The molecule has 0 atom stereocenters. The summed E-state index contributed by atoms with van der Waals surface area (Å²) in [5.41, 5.74) is 2.34. The Morgan fingerprint density at radius 2 is 1.93 bits per heavy atom. The lowest BCUT2D eigenvalue weighted by Crippen LogP contribution is -2.19. The number of thiol groups is 1. The van der Waals surface area contributed by atoms with E-state index in [2.05, 4.69) is 12.6 Å². The number of rotatable bonds is 1. The van der Waals surface area contributed by atoms with Crippen LogP contribution in [0.2, 0.25) is 10.0 Å². The Morgan fingerprint density at radius 1 is 1.47 bits per heavy atom. The van der Waals surface area contributed by atoms with Gasteiger partial charge in [-0.25, -0.2) is 5.48 Å². The molecule has 0 radical (unpaired) electrons. The number of hydrogen-bond donors (Lipinski definition) is 3. The molecule has 0 aliphatic carbocycles. The van der Waals surface area contributed by atoms with E-state index in [9.17, 15) is 4.79 Å². The predicted octanol–water partition coefficient (Wildman–Crippen LogP) is 2.72. The highest BCUT2D eigenvalue weighted by atomic mass is 35.5. The number of halogens is 2. The van der Waals surface area contributed by atoms with Crippen molar-refractivity contribution in [3.63, 3.8) is 0 Å². The van der Waals surface area contributed by atoms with Crippen molar-refractivity contribution in [3.8, 4) is 0 Å². The van der Waals surface area contributed by atoms with Gasteiger partial charge in [0.05, 0.1) is 5.75 Å². The zero-order chi connectivity index (χ0) is 11.8. The first kappa shape index (κ1) is 14.6. The van der Waals surface area contributed by atoms with E-state index in [1.807, 2.05) is 25.1 Å². The van der Waals surface area contributed by atoms with E-state index in [-0.39, 0.29) is 5.75 Å². The first-order valence-corrected chi connectivity index (χ1v) is 5.36. The van der Waals surface area contributed by atoms with Crippen molar-refractivity contribution in [1.82, 2.24) is 5.48 Å². The Bertz CT molecular complexity index is 308. The summed E-state index contributed by atoms with van der Waals surface area (Å²) in [7, 11) is 0. The van der Waals surface area contributed by atoms with Crippen LogP contribution in [-0.2, 0) is 4.79 Å². The minimum atomic E-state index is -0.488. The van der Waals surface area contributed by atoms with Crippen LogP contribution in [-0.4, -0.2) is 16.9 Å². The number of nitrogens with one attached hydrogen (secondary N) is 1.